The highest BCUT2D eigenvalue weighted by Gasteiger charge is 2.15. The molecule has 0 bridgehead atoms. The predicted molar refractivity (Wildman–Crippen MR) is 58.4 cm³/mol. The van der Waals surface area contributed by atoms with Crippen molar-refractivity contribution in [3.8, 4) is 0 Å². The van der Waals surface area contributed by atoms with Gasteiger partial charge in [0.25, 0.3) is 0 Å². The van der Waals surface area contributed by atoms with Crippen LogP contribution in [0.3, 0.4) is 0 Å². The van der Waals surface area contributed by atoms with Crippen molar-refractivity contribution in [1.82, 2.24) is 10.3 Å². The van der Waals surface area contributed by atoms with E-state index in [1.165, 1.54) is 18.4 Å². The Bertz CT molecular complexity index is 275. The number of hydrogen-bond acceptors (Lipinski definition) is 3. The van der Waals surface area contributed by atoms with E-state index < -0.39 is 0 Å². The molecule has 1 fully saturated rings. The number of nitrogens with zero attached hydrogens (tertiary/aromatic N) is 1. The average molecular weight is 191 g/mol. The molecule has 3 nitrogen and oxygen atoms in total. The van der Waals surface area contributed by atoms with E-state index in [0.29, 0.717) is 6.04 Å². The molecule has 2 N–H and O–H groups in total. The van der Waals surface area contributed by atoms with Crippen molar-refractivity contribution in [3.05, 3.63) is 23.9 Å². The van der Waals surface area contributed by atoms with Crippen LogP contribution >= 0.6 is 0 Å². The molecule has 0 aliphatic carbocycles. The van der Waals surface area contributed by atoms with E-state index in [1.54, 1.807) is 0 Å². The van der Waals surface area contributed by atoms with E-state index in [4.69, 9.17) is 0 Å². The molecule has 0 unspecified atom stereocenters. The zero-order valence-corrected chi connectivity index (χ0v) is 8.59. The molecule has 1 atom stereocenters. The molecule has 1 saturated heterocycles. The zero-order chi connectivity index (χ0) is 9.80. The Morgan fingerprint density at radius 1 is 1.57 bits per heavy atom. The van der Waals surface area contributed by atoms with Crippen LogP contribution in [-0.2, 0) is 0 Å². The van der Waals surface area contributed by atoms with Crippen LogP contribution in [0.15, 0.2) is 18.3 Å². The fraction of sp³-hybridized carbons (Fsp3) is 0.545. The summed E-state index contributed by atoms with van der Waals surface area (Å²) < 4.78 is 0. The first kappa shape index (κ1) is 9.46. The van der Waals surface area contributed by atoms with Gasteiger partial charge in [-0.3, -0.25) is 0 Å². The fourth-order valence-electron chi connectivity index (χ4n) is 1.87. The van der Waals surface area contributed by atoms with Gasteiger partial charge in [-0.25, -0.2) is 4.98 Å². The van der Waals surface area contributed by atoms with Crippen LogP contribution in [0.4, 0.5) is 5.82 Å². The molecule has 1 aromatic heterocycles. The van der Waals surface area contributed by atoms with Crippen LogP contribution in [0.2, 0.25) is 0 Å². The fourth-order valence-corrected chi connectivity index (χ4v) is 1.87. The maximum absolute atomic E-state index is 4.36. The molecule has 1 aromatic rings. The second-order valence-electron chi connectivity index (χ2n) is 3.66. The van der Waals surface area contributed by atoms with Crippen molar-refractivity contribution < 1.29 is 0 Å². The molecular formula is C11H17N3. The Kier molecular flexibility index (Phi) is 2.99. The topological polar surface area (TPSA) is 37.0 Å². The molecule has 0 amide bonds. The van der Waals surface area contributed by atoms with Gasteiger partial charge < -0.3 is 10.6 Å². The Balaban J connectivity index is 2.05. The highest BCUT2D eigenvalue weighted by Crippen LogP contribution is 2.22. The van der Waals surface area contributed by atoms with Crippen molar-refractivity contribution in [3.63, 3.8) is 0 Å². The Hall–Kier alpha value is -1.09. The van der Waals surface area contributed by atoms with Crippen LogP contribution in [0.1, 0.15) is 31.4 Å². The Labute approximate surface area is 84.9 Å². The molecule has 14 heavy (non-hydrogen) atoms. The van der Waals surface area contributed by atoms with E-state index in [1.807, 2.05) is 6.20 Å². The predicted octanol–water partition coefficient (Wildman–Crippen LogP) is 1.94. The first-order valence-corrected chi connectivity index (χ1v) is 5.33. The van der Waals surface area contributed by atoms with Crippen molar-refractivity contribution in [2.24, 2.45) is 0 Å². The van der Waals surface area contributed by atoms with E-state index in [-0.39, 0.29) is 0 Å². The Morgan fingerprint density at radius 3 is 3.07 bits per heavy atom. The smallest absolute Gasteiger partial charge is 0.125 e. The highest BCUT2D eigenvalue weighted by atomic mass is 15.0. The van der Waals surface area contributed by atoms with Gasteiger partial charge in [0.15, 0.2) is 0 Å². The standard InChI is InChI=1S/C11H17N3/c1-2-12-11-6-5-9(8-14-11)10-4-3-7-13-10/h5-6,8,10,13H,2-4,7H2,1H3,(H,12,14)/t10-/m1/s1. The number of pyridine rings is 1. The van der Waals surface area contributed by atoms with Crippen molar-refractivity contribution in [1.29, 1.82) is 0 Å². The van der Waals surface area contributed by atoms with Gasteiger partial charge in [-0.1, -0.05) is 6.07 Å². The molecular weight excluding hydrogens is 174 g/mol. The summed E-state index contributed by atoms with van der Waals surface area (Å²) in [6.45, 7) is 4.14. The number of rotatable bonds is 3. The molecule has 0 aromatic carbocycles. The van der Waals surface area contributed by atoms with Gasteiger partial charge in [0.1, 0.15) is 5.82 Å². The summed E-state index contributed by atoms with van der Waals surface area (Å²) >= 11 is 0. The maximum Gasteiger partial charge on any atom is 0.125 e. The van der Waals surface area contributed by atoms with Crippen LogP contribution in [-0.4, -0.2) is 18.1 Å². The lowest BCUT2D eigenvalue weighted by Crippen LogP contribution is -2.13. The number of nitrogens with one attached hydrogen (secondary N) is 2. The second kappa shape index (κ2) is 4.42. The largest absolute Gasteiger partial charge is 0.370 e. The van der Waals surface area contributed by atoms with Gasteiger partial charge in [0.05, 0.1) is 0 Å². The van der Waals surface area contributed by atoms with Crippen molar-refractivity contribution in [2.45, 2.75) is 25.8 Å². The van der Waals surface area contributed by atoms with Gasteiger partial charge in [-0.2, -0.15) is 0 Å². The zero-order valence-electron chi connectivity index (χ0n) is 8.59. The third-order valence-corrected chi connectivity index (χ3v) is 2.61. The lowest BCUT2D eigenvalue weighted by atomic mass is 10.1. The lowest BCUT2D eigenvalue weighted by Gasteiger charge is -2.10. The minimum atomic E-state index is 0.526. The summed E-state index contributed by atoms with van der Waals surface area (Å²) in [4.78, 5) is 4.36. The first-order valence-electron chi connectivity index (χ1n) is 5.33. The van der Waals surface area contributed by atoms with Crippen molar-refractivity contribution in [2.75, 3.05) is 18.4 Å². The Morgan fingerprint density at radius 2 is 2.50 bits per heavy atom. The maximum atomic E-state index is 4.36. The summed E-state index contributed by atoms with van der Waals surface area (Å²) in [6.07, 6.45) is 4.49. The summed E-state index contributed by atoms with van der Waals surface area (Å²) in [5.41, 5.74) is 1.31. The van der Waals surface area contributed by atoms with Gasteiger partial charge in [0.2, 0.25) is 0 Å². The normalized spacial score (nSPS) is 21.1. The van der Waals surface area contributed by atoms with Crippen LogP contribution in [0.5, 0.6) is 0 Å². The number of hydrogen-bond donors (Lipinski definition) is 2. The van der Waals surface area contributed by atoms with E-state index >= 15 is 0 Å². The molecule has 1 aliphatic heterocycles. The van der Waals surface area contributed by atoms with Crippen molar-refractivity contribution >= 4 is 5.82 Å². The SMILES string of the molecule is CCNc1ccc([C@H]2CCCN2)cn1. The monoisotopic (exact) mass is 191 g/mol. The summed E-state index contributed by atoms with van der Waals surface area (Å²) in [5.74, 6) is 0.967. The molecule has 76 valence electrons. The third-order valence-electron chi connectivity index (χ3n) is 2.61. The number of aromatic nitrogens is 1. The number of anilines is 1. The molecule has 0 spiro atoms. The van der Waals surface area contributed by atoms with Gasteiger partial charge in [-0.05, 0) is 37.9 Å². The molecule has 2 rings (SSSR count). The molecule has 0 radical (unpaired) electrons. The van der Waals surface area contributed by atoms with E-state index in [2.05, 4.69) is 34.7 Å². The van der Waals surface area contributed by atoms with Crippen LogP contribution < -0.4 is 10.6 Å². The quantitative estimate of drug-likeness (QED) is 0.766. The van der Waals surface area contributed by atoms with E-state index in [0.717, 1.165) is 18.9 Å². The summed E-state index contributed by atoms with van der Waals surface area (Å²) in [7, 11) is 0. The average Bonchev–Trinajstić information content (AvgIpc) is 2.72. The summed E-state index contributed by atoms with van der Waals surface area (Å²) in [5, 5.41) is 6.66. The van der Waals surface area contributed by atoms with Gasteiger partial charge in [0, 0.05) is 18.8 Å². The minimum Gasteiger partial charge on any atom is -0.370 e. The highest BCUT2D eigenvalue weighted by molar-refractivity contribution is 5.36. The first-order chi connectivity index (χ1) is 6.90. The second-order valence-corrected chi connectivity index (χ2v) is 3.66. The lowest BCUT2D eigenvalue weighted by molar-refractivity contribution is 0.645. The third kappa shape index (κ3) is 2.04. The van der Waals surface area contributed by atoms with Gasteiger partial charge in [-0.15, -0.1) is 0 Å². The minimum absolute atomic E-state index is 0.526. The summed E-state index contributed by atoms with van der Waals surface area (Å²) in [6, 6.07) is 4.74. The molecule has 3 heteroatoms. The van der Waals surface area contributed by atoms with Gasteiger partial charge >= 0.3 is 0 Å². The van der Waals surface area contributed by atoms with E-state index in [9.17, 15) is 0 Å². The molecule has 1 aliphatic rings. The van der Waals surface area contributed by atoms with Crippen LogP contribution in [0.25, 0.3) is 0 Å². The van der Waals surface area contributed by atoms with Crippen LogP contribution in [0, 0.1) is 0 Å². The molecule has 2 heterocycles. The molecule has 0 saturated carbocycles.